The summed E-state index contributed by atoms with van der Waals surface area (Å²) in [5.74, 6) is -1.53. The van der Waals surface area contributed by atoms with E-state index >= 15 is 0 Å². The van der Waals surface area contributed by atoms with Gasteiger partial charge in [-0.3, -0.25) is 9.48 Å². The Kier molecular flexibility index (Phi) is 3.61. The Bertz CT molecular complexity index is 516. The molecule has 0 radical (unpaired) electrons. The Morgan fingerprint density at radius 3 is 2.53 bits per heavy atom. The van der Waals surface area contributed by atoms with Crippen LogP contribution in [0.1, 0.15) is 19.5 Å². The Morgan fingerprint density at radius 1 is 1.53 bits per heavy atom. The largest absolute Gasteiger partial charge is 0.480 e. The van der Waals surface area contributed by atoms with Crippen molar-refractivity contribution in [3.63, 3.8) is 0 Å². The predicted molar refractivity (Wildman–Crippen MR) is 62.4 cm³/mol. The van der Waals surface area contributed by atoms with Gasteiger partial charge >= 0.3 is 5.97 Å². The summed E-state index contributed by atoms with van der Waals surface area (Å²) in [6.45, 7) is 2.40. The van der Waals surface area contributed by atoms with Gasteiger partial charge in [0.15, 0.2) is 14.6 Å². The fraction of sp³-hybridized carbons (Fsp3) is 0.600. The Hall–Kier alpha value is -1.37. The summed E-state index contributed by atoms with van der Waals surface area (Å²) in [7, 11) is -1.98. The van der Waals surface area contributed by atoms with E-state index in [9.17, 15) is 13.2 Å². The number of hydrogen-bond acceptors (Lipinski definition) is 4. The van der Waals surface area contributed by atoms with Crippen molar-refractivity contribution in [2.45, 2.75) is 25.0 Å². The third kappa shape index (κ3) is 2.66. The molecule has 0 saturated carbocycles. The molecule has 1 aromatic heterocycles. The van der Waals surface area contributed by atoms with Gasteiger partial charge < -0.3 is 5.11 Å². The minimum absolute atomic E-state index is 0.203. The number of sulfone groups is 1. The van der Waals surface area contributed by atoms with E-state index in [1.54, 1.807) is 24.0 Å². The van der Waals surface area contributed by atoms with Crippen molar-refractivity contribution in [2.75, 3.05) is 5.75 Å². The molecule has 0 aliphatic carbocycles. The van der Waals surface area contributed by atoms with Crippen molar-refractivity contribution in [1.29, 1.82) is 0 Å². The molecule has 1 aromatic rings. The molecule has 6 nitrogen and oxygen atoms in total. The SMILES string of the molecule is Cn1nccc1CCS(=O)(=O)C(C)(C)C(=O)O. The lowest BCUT2D eigenvalue weighted by Crippen LogP contribution is -2.42. The summed E-state index contributed by atoms with van der Waals surface area (Å²) in [5.41, 5.74) is 0.759. The van der Waals surface area contributed by atoms with Crippen molar-refractivity contribution in [3.05, 3.63) is 18.0 Å². The lowest BCUT2D eigenvalue weighted by Gasteiger charge is -2.19. The first-order chi connectivity index (χ1) is 7.68. The molecule has 1 heterocycles. The number of aliphatic carboxylic acids is 1. The zero-order chi connectivity index (χ0) is 13.3. The molecule has 96 valence electrons. The number of aryl methyl sites for hydroxylation is 2. The zero-order valence-electron chi connectivity index (χ0n) is 10.0. The van der Waals surface area contributed by atoms with Crippen LogP contribution in [0.25, 0.3) is 0 Å². The molecular weight excluding hydrogens is 244 g/mol. The van der Waals surface area contributed by atoms with Crippen LogP contribution in [0.2, 0.25) is 0 Å². The molecule has 17 heavy (non-hydrogen) atoms. The molecule has 1 rings (SSSR count). The van der Waals surface area contributed by atoms with E-state index < -0.39 is 20.6 Å². The molecule has 0 atom stereocenters. The molecule has 0 saturated heterocycles. The molecule has 7 heteroatoms. The number of carbonyl (C=O) groups is 1. The van der Waals surface area contributed by atoms with Gasteiger partial charge in [-0.15, -0.1) is 0 Å². The Balaban J connectivity index is 2.82. The van der Waals surface area contributed by atoms with E-state index in [1.165, 1.54) is 13.8 Å². The highest BCUT2D eigenvalue weighted by Crippen LogP contribution is 2.18. The van der Waals surface area contributed by atoms with E-state index in [0.29, 0.717) is 0 Å². The van der Waals surface area contributed by atoms with Gasteiger partial charge in [0.2, 0.25) is 0 Å². The molecule has 0 spiro atoms. The molecule has 0 unspecified atom stereocenters. The summed E-state index contributed by atoms with van der Waals surface area (Å²) in [4.78, 5) is 10.9. The third-order valence-corrected chi connectivity index (χ3v) is 5.31. The second-order valence-electron chi connectivity index (χ2n) is 4.33. The van der Waals surface area contributed by atoms with Crippen LogP contribution in [0.3, 0.4) is 0 Å². The average Bonchev–Trinajstić information content (AvgIpc) is 2.60. The normalized spacial score (nSPS) is 12.6. The minimum atomic E-state index is -3.69. The number of hydrogen-bond donors (Lipinski definition) is 1. The number of aromatic nitrogens is 2. The maximum atomic E-state index is 11.9. The number of nitrogens with zero attached hydrogens (tertiary/aromatic N) is 2. The Morgan fingerprint density at radius 2 is 2.12 bits per heavy atom. The van der Waals surface area contributed by atoms with Crippen molar-refractivity contribution in [3.8, 4) is 0 Å². The van der Waals surface area contributed by atoms with Crippen LogP contribution in [0.5, 0.6) is 0 Å². The summed E-state index contributed by atoms with van der Waals surface area (Å²) in [6, 6.07) is 1.71. The smallest absolute Gasteiger partial charge is 0.324 e. The minimum Gasteiger partial charge on any atom is -0.480 e. The molecule has 1 N–H and O–H groups in total. The standard InChI is InChI=1S/C10H16N2O4S/c1-10(2,9(13)14)17(15,16)7-5-8-4-6-11-12(8)3/h4,6H,5,7H2,1-3H3,(H,13,14). The van der Waals surface area contributed by atoms with E-state index in [0.717, 1.165) is 5.69 Å². The van der Waals surface area contributed by atoms with Gasteiger partial charge in [-0.1, -0.05) is 0 Å². The maximum Gasteiger partial charge on any atom is 0.324 e. The van der Waals surface area contributed by atoms with Crippen molar-refractivity contribution >= 4 is 15.8 Å². The summed E-state index contributed by atoms with van der Waals surface area (Å²) >= 11 is 0. The molecule has 0 aromatic carbocycles. The van der Waals surface area contributed by atoms with Crippen LogP contribution < -0.4 is 0 Å². The third-order valence-electron chi connectivity index (χ3n) is 2.84. The lowest BCUT2D eigenvalue weighted by molar-refractivity contribution is -0.139. The molecule has 0 bridgehead atoms. The van der Waals surface area contributed by atoms with E-state index in [-0.39, 0.29) is 12.2 Å². The first kappa shape index (κ1) is 13.7. The number of carboxylic acid groups (broad SMARTS) is 1. The van der Waals surface area contributed by atoms with Gasteiger partial charge in [0, 0.05) is 25.4 Å². The van der Waals surface area contributed by atoms with Gasteiger partial charge in [-0.2, -0.15) is 5.10 Å². The van der Waals surface area contributed by atoms with Gasteiger partial charge in [0.05, 0.1) is 5.75 Å². The average molecular weight is 260 g/mol. The van der Waals surface area contributed by atoms with Crippen LogP contribution in [0, 0.1) is 0 Å². The number of carboxylic acids is 1. The van der Waals surface area contributed by atoms with Gasteiger partial charge in [-0.25, -0.2) is 8.42 Å². The quantitative estimate of drug-likeness (QED) is 0.819. The van der Waals surface area contributed by atoms with Crippen LogP contribution in [-0.4, -0.2) is 39.8 Å². The van der Waals surface area contributed by atoms with E-state index in [4.69, 9.17) is 5.11 Å². The highest BCUT2D eigenvalue weighted by Gasteiger charge is 2.41. The molecular formula is C10H16N2O4S. The van der Waals surface area contributed by atoms with Crippen molar-refractivity contribution in [1.82, 2.24) is 9.78 Å². The van der Waals surface area contributed by atoms with Gasteiger partial charge in [0.25, 0.3) is 0 Å². The first-order valence-corrected chi connectivity index (χ1v) is 6.76. The first-order valence-electron chi connectivity index (χ1n) is 5.11. The second kappa shape index (κ2) is 4.48. The zero-order valence-corrected chi connectivity index (χ0v) is 10.9. The highest BCUT2D eigenvalue weighted by atomic mass is 32.2. The van der Waals surface area contributed by atoms with Gasteiger partial charge in [0.1, 0.15) is 0 Å². The van der Waals surface area contributed by atoms with Crippen LogP contribution >= 0.6 is 0 Å². The van der Waals surface area contributed by atoms with Crippen LogP contribution in [0.4, 0.5) is 0 Å². The highest BCUT2D eigenvalue weighted by molar-refractivity contribution is 7.93. The fourth-order valence-electron chi connectivity index (χ4n) is 1.27. The fourth-order valence-corrected chi connectivity index (χ4v) is 2.53. The summed E-state index contributed by atoms with van der Waals surface area (Å²) in [5, 5.41) is 12.8. The van der Waals surface area contributed by atoms with Crippen molar-refractivity contribution < 1.29 is 18.3 Å². The molecule has 0 aliphatic heterocycles. The van der Waals surface area contributed by atoms with Crippen LogP contribution in [-0.2, 0) is 28.1 Å². The lowest BCUT2D eigenvalue weighted by atomic mass is 10.2. The van der Waals surface area contributed by atoms with Gasteiger partial charge in [-0.05, 0) is 19.9 Å². The predicted octanol–water partition coefficient (Wildman–Crippen LogP) is 0.241. The van der Waals surface area contributed by atoms with Crippen LogP contribution in [0.15, 0.2) is 12.3 Å². The summed E-state index contributed by atoms with van der Waals surface area (Å²) in [6.07, 6.45) is 1.83. The van der Waals surface area contributed by atoms with Crippen molar-refractivity contribution in [2.24, 2.45) is 7.05 Å². The monoisotopic (exact) mass is 260 g/mol. The number of rotatable bonds is 5. The Labute approximate surface area is 100 Å². The molecule has 0 fully saturated rings. The second-order valence-corrected chi connectivity index (χ2v) is 6.99. The summed E-state index contributed by atoms with van der Waals surface area (Å²) < 4.78 is 23.6. The molecule has 0 amide bonds. The topological polar surface area (TPSA) is 89.3 Å². The van der Waals surface area contributed by atoms with E-state index in [1.807, 2.05) is 0 Å². The van der Waals surface area contributed by atoms with E-state index in [2.05, 4.69) is 5.10 Å². The maximum absolute atomic E-state index is 11.9. The molecule has 0 aliphatic rings.